The van der Waals surface area contributed by atoms with Crippen molar-refractivity contribution >= 4 is 11.4 Å². The Bertz CT molecular complexity index is 995. The molecule has 0 radical (unpaired) electrons. The smallest absolute Gasteiger partial charge is 0.383 e. The van der Waals surface area contributed by atoms with Gasteiger partial charge >= 0.3 is 6.18 Å². The number of pyridine rings is 1. The summed E-state index contributed by atoms with van der Waals surface area (Å²) >= 11 is 0. The van der Waals surface area contributed by atoms with Gasteiger partial charge < -0.3 is 5.32 Å². The normalized spacial score (nSPS) is 14.0. The Morgan fingerprint density at radius 2 is 1.63 bits per heavy atom. The van der Waals surface area contributed by atoms with Crippen molar-refractivity contribution in [1.29, 1.82) is 0 Å². The van der Waals surface area contributed by atoms with Crippen molar-refractivity contribution in [2.24, 2.45) is 4.99 Å². The maximum Gasteiger partial charge on any atom is 0.417 e. The second-order valence-electron chi connectivity index (χ2n) is 6.20. The van der Waals surface area contributed by atoms with Gasteiger partial charge in [-0.25, -0.2) is 0 Å². The molecule has 2 aromatic carbocycles. The van der Waals surface area contributed by atoms with Crippen molar-refractivity contribution in [3.8, 4) is 11.1 Å². The largest absolute Gasteiger partial charge is 0.417 e. The van der Waals surface area contributed by atoms with Crippen molar-refractivity contribution in [2.75, 3.05) is 18.4 Å². The second kappa shape index (κ2) is 6.87. The van der Waals surface area contributed by atoms with Crippen LogP contribution in [0.1, 0.15) is 16.7 Å². The molecule has 0 spiro atoms. The van der Waals surface area contributed by atoms with Crippen LogP contribution in [0, 0.1) is 0 Å². The molecular weight excluding hydrogens is 351 g/mol. The van der Waals surface area contributed by atoms with Gasteiger partial charge in [0.1, 0.15) is 0 Å². The van der Waals surface area contributed by atoms with E-state index in [4.69, 9.17) is 0 Å². The van der Waals surface area contributed by atoms with E-state index in [9.17, 15) is 13.2 Å². The highest BCUT2D eigenvalue weighted by molar-refractivity contribution is 6.17. The summed E-state index contributed by atoms with van der Waals surface area (Å²) in [6.07, 6.45) is -1.07. The van der Waals surface area contributed by atoms with E-state index in [1.165, 1.54) is 12.1 Å². The summed E-state index contributed by atoms with van der Waals surface area (Å²) < 4.78 is 40.6. The Morgan fingerprint density at radius 3 is 2.41 bits per heavy atom. The average Bonchev–Trinajstić information content (AvgIpc) is 2.90. The van der Waals surface area contributed by atoms with Crippen LogP contribution >= 0.6 is 0 Å². The molecule has 0 bridgehead atoms. The first-order chi connectivity index (χ1) is 13.0. The van der Waals surface area contributed by atoms with Crippen LogP contribution in [-0.4, -0.2) is 23.8 Å². The van der Waals surface area contributed by atoms with E-state index < -0.39 is 11.7 Å². The number of anilines is 1. The van der Waals surface area contributed by atoms with E-state index >= 15 is 0 Å². The molecule has 0 aliphatic carbocycles. The lowest BCUT2D eigenvalue weighted by Crippen LogP contribution is -2.15. The van der Waals surface area contributed by atoms with Crippen molar-refractivity contribution in [1.82, 2.24) is 4.98 Å². The SMILES string of the molecule is FC(F)(F)c1ccccc1C1=NCCNc2ccc(-c3ccncc3)cc21. The summed E-state index contributed by atoms with van der Waals surface area (Å²) in [5.41, 5.74) is 3.07. The number of benzene rings is 2. The van der Waals surface area contributed by atoms with E-state index in [2.05, 4.69) is 15.3 Å². The number of halogens is 3. The van der Waals surface area contributed by atoms with Crippen LogP contribution in [0.15, 0.2) is 72.0 Å². The predicted octanol–water partition coefficient (Wildman–Crippen LogP) is 5.03. The van der Waals surface area contributed by atoms with Crippen LogP contribution in [0.5, 0.6) is 0 Å². The molecule has 0 amide bonds. The summed E-state index contributed by atoms with van der Waals surface area (Å²) in [6.45, 7) is 0.972. The fourth-order valence-electron chi connectivity index (χ4n) is 3.23. The van der Waals surface area contributed by atoms with Crippen LogP contribution in [0.4, 0.5) is 18.9 Å². The van der Waals surface area contributed by atoms with Gasteiger partial charge in [-0.1, -0.05) is 24.3 Å². The van der Waals surface area contributed by atoms with Gasteiger partial charge in [-0.15, -0.1) is 0 Å². The third-order valence-electron chi connectivity index (χ3n) is 4.47. The van der Waals surface area contributed by atoms with Crippen molar-refractivity contribution in [3.05, 3.63) is 83.7 Å². The molecule has 0 saturated heterocycles. The highest BCUT2D eigenvalue weighted by Gasteiger charge is 2.35. The number of alkyl halides is 3. The third kappa shape index (κ3) is 3.43. The second-order valence-corrected chi connectivity index (χ2v) is 6.20. The number of hydrogen-bond acceptors (Lipinski definition) is 3. The first-order valence-electron chi connectivity index (χ1n) is 8.54. The number of nitrogens with zero attached hydrogens (tertiary/aromatic N) is 2. The molecule has 0 atom stereocenters. The highest BCUT2D eigenvalue weighted by atomic mass is 19.4. The number of aromatic nitrogens is 1. The lowest BCUT2D eigenvalue weighted by molar-refractivity contribution is -0.137. The van der Waals surface area contributed by atoms with Crippen LogP contribution in [-0.2, 0) is 6.18 Å². The lowest BCUT2D eigenvalue weighted by atomic mass is 9.93. The zero-order valence-corrected chi connectivity index (χ0v) is 14.3. The zero-order chi connectivity index (χ0) is 18.9. The summed E-state index contributed by atoms with van der Waals surface area (Å²) in [7, 11) is 0. The number of aliphatic imine (C=N–C) groups is 1. The molecule has 1 aromatic heterocycles. The van der Waals surface area contributed by atoms with E-state index in [1.807, 2.05) is 30.3 Å². The average molecular weight is 367 g/mol. The minimum atomic E-state index is -4.44. The molecule has 1 aliphatic rings. The molecule has 4 rings (SSSR count). The van der Waals surface area contributed by atoms with Gasteiger partial charge in [0.05, 0.1) is 17.8 Å². The molecular formula is C21H16F3N3. The van der Waals surface area contributed by atoms with Crippen LogP contribution in [0.2, 0.25) is 0 Å². The number of nitrogens with one attached hydrogen (secondary N) is 1. The minimum Gasteiger partial charge on any atom is -0.383 e. The summed E-state index contributed by atoms with van der Waals surface area (Å²) in [6, 6.07) is 15.0. The topological polar surface area (TPSA) is 37.3 Å². The Kier molecular flexibility index (Phi) is 4.39. The lowest BCUT2D eigenvalue weighted by Gasteiger charge is -2.17. The Morgan fingerprint density at radius 1 is 0.852 bits per heavy atom. The molecule has 27 heavy (non-hydrogen) atoms. The van der Waals surface area contributed by atoms with E-state index in [0.29, 0.717) is 24.4 Å². The van der Waals surface area contributed by atoms with Gasteiger partial charge in [0.25, 0.3) is 0 Å². The molecule has 2 heterocycles. The van der Waals surface area contributed by atoms with Crippen LogP contribution in [0.25, 0.3) is 11.1 Å². The molecule has 0 fully saturated rings. The molecule has 1 N–H and O–H groups in total. The Balaban J connectivity index is 1.90. The first kappa shape index (κ1) is 17.3. The fraction of sp³-hybridized carbons (Fsp3) is 0.143. The Labute approximate surface area is 154 Å². The third-order valence-corrected chi connectivity index (χ3v) is 4.47. The van der Waals surface area contributed by atoms with E-state index in [-0.39, 0.29) is 5.56 Å². The number of fused-ring (bicyclic) bond motifs is 1. The predicted molar refractivity (Wildman–Crippen MR) is 100 cm³/mol. The maximum atomic E-state index is 13.5. The van der Waals surface area contributed by atoms with E-state index in [1.54, 1.807) is 18.5 Å². The molecule has 3 nitrogen and oxygen atoms in total. The Hall–Kier alpha value is -3.15. The zero-order valence-electron chi connectivity index (χ0n) is 14.3. The van der Waals surface area contributed by atoms with Gasteiger partial charge in [0.15, 0.2) is 0 Å². The van der Waals surface area contributed by atoms with Gasteiger partial charge in [-0.05, 0) is 41.5 Å². The summed E-state index contributed by atoms with van der Waals surface area (Å²) in [5.74, 6) is 0. The maximum absolute atomic E-state index is 13.5. The van der Waals surface area contributed by atoms with Crippen LogP contribution in [0.3, 0.4) is 0 Å². The van der Waals surface area contributed by atoms with Crippen molar-refractivity contribution < 1.29 is 13.2 Å². The van der Waals surface area contributed by atoms with Crippen molar-refractivity contribution in [2.45, 2.75) is 6.18 Å². The number of rotatable bonds is 2. The molecule has 3 aromatic rings. The molecule has 1 aliphatic heterocycles. The quantitative estimate of drug-likeness (QED) is 0.690. The van der Waals surface area contributed by atoms with Gasteiger partial charge in [-0.3, -0.25) is 9.98 Å². The molecule has 0 unspecified atom stereocenters. The molecule has 0 saturated carbocycles. The summed E-state index contributed by atoms with van der Waals surface area (Å²) in [4.78, 5) is 8.50. The molecule has 136 valence electrons. The van der Waals surface area contributed by atoms with Gasteiger partial charge in [-0.2, -0.15) is 13.2 Å². The van der Waals surface area contributed by atoms with Gasteiger partial charge in [0.2, 0.25) is 0 Å². The monoisotopic (exact) mass is 367 g/mol. The fourth-order valence-corrected chi connectivity index (χ4v) is 3.23. The highest BCUT2D eigenvalue weighted by Crippen LogP contribution is 2.35. The minimum absolute atomic E-state index is 0.0989. The first-order valence-corrected chi connectivity index (χ1v) is 8.54. The number of benzodiazepines with no additional fused rings is 1. The van der Waals surface area contributed by atoms with Crippen LogP contribution < -0.4 is 5.32 Å². The van der Waals surface area contributed by atoms with Gasteiger partial charge in [0, 0.05) is 35.8 Å². The van der Waals surface area contributed by atoms with Crippen molar-refractivity contribution in [3.63, 3.8) is 0 Å². The standard InChI is InChI=1S/C21H16F3N3/c22-21(23,24)18-4-2-1-3-16(18)20-17-13-15(14-7-9-25-10-8-14)5-6-19(17)26-11-12-27-20/h1-10,13,26H,11-12H2. The van der Waals surface area contributed by atoms with E-state index in [0.717, 1.165) is 22.9 Å². The summed E-state index contributed by atoms with van der Waals surface area (Å²) in [5, 5.41) is 3.25. The number of hydrogen-bond donors (Lipinski definition) is 1. The molecule has 6 heteroatoms.